The van der Waals surface area contributed by atoms with Gasteiger partial charge in [-0.25, -0.2) is 9.97 Å². The standard InChI is InChI=1S/C35H31N9O/c1-23-8-9-26(34(45)41-28-14-27(35(3,4)21-36)15-31(16-28)43-19-24(2)38-22-43)13-25(23)10-11-30-18-37-33-32(7-6-12-44(30)33)40-29-17-39-42(5)20-29/h6-9,12-20,22,40H,1-5H3,(H,41,45). The summed E-state index contributed by atoms with van der Waals surface area (Å²) in [5, 5.41) is 20.4. The first kappa shape index (κ1) is 29.0. The molecular formula is C35H31N9O. The van der Waals surface area contributed by atoms with Gasteiger partial charge in [0.15, 0.2) is 5.65 Å². The number of carbonyl (C=O) groups is 1. The summed E-state index contributed by atoms with van der Waals surface area (Å²) in [5.74, 6) is 6.19. The van der Waals surface area contributed by atoms with Crippen molar-refractivity contribution in [2.75, 3.05) is 10.6 Å². The van der Waals surface area contributed by atoms with Gasteiger partial charge in [-0.15, -0.1) is 0 Å². The van der Waals surface area contributed by atoms with Gasteiger partial charge >= 0.3 is 0 Å². The average molecular weight is 594 g/mol. The molecule has 10 nitrogen and oxygen atoms in total. The Bertz CT molecular complexity index is 2180. The predicted molar refractivity (Wildman–Crippen MR) is 174 cm³/mol. The zero-order valence-corrected chi connectivity index (χ0v) is 25.6. The van der Waals surface area contributed by atoms with Crippen LogP contribution < -0.4 is 10.6 Å². The van der Waals surface area contributed by atoms with E-state index in [0.29, 0.717) is 16.9 Å². The van der Waals surface area contributed by atoms with E-state index in [4.69, 9.17) is 0 Å². The molecular weight excluding hydrogens is 562 g/mol. The van der Waals surface area contributed by atoms with Crippen molar-refractivity contribution in [3.8, 4) is 23.6 Å². The van der Waals surface area contributed by atoms with Crippen LogP contribution in [0, 0.1) is 37.0 Å². The molecule has 0 unspecified atom stereocenters. The van der Waals surface area contributed by atoms with Crippen molar-refractivity contribution >= 4 is 28.6 Å². The van der Waals surface area contributed by atoms with E-state index in [0.717, 1.165) is 45.1 Å². The van der Waals surface area contributed by atoms with E-state index in [1.807, 2.05) is 98.7 Å². The number of pyridine rings is 1. The lowest BCUT2D eigenvalue weighted by Gasteiger charge is -2.19. The highest BCUT2D eigenvalue weighted by Crippen LogP contribution is 2.29. The normalized spacial score (nSPS) is 11.1. The number of nitrogens with zero attached hydrogens (tertiary/aromatic N) is 7. The first-order valence-electron chi connectivity index (χ1n) is 14.3. The van der Waals surface area contributed by atoms with Crippen molar-refractivity contribution in [2.24, 2.45) is 7.05 Å². The summed E-state index contributed by atoms with van der Waals surface area (Å²) >= 11 is 0. The number of rotatable bonds is 6. The molecule has 0 radical (unpaired) electrons. The summed E-state index contributed by atoms with van der Waals surface area (Å²) in [5.41, 5.74) is 7.57. The molecule has 0 aliphatic heterocycles. The third kappa shape index (κ3) is 6.03. The molecule has 0 atom stereocenters. The van der Waals surface area contributed by atoms with Crippen LogP contribution in [0.2, 0.25) is 0 Å². The van der Waals surface area contributed by atoms with Crippen molar-refractivity contribution in [2.45, 2.75) is 33.1 Å². The summed E-state index contributed by atoms with van der Waals surface area (Å²) in [4.78, 5) is 22.4. The molecule has 0 aliphatic carbocycles. The fourth-order valence-electron chi connectivity index (χ4n) is 4.89. The topological polar surface area (TPSA) is 118 Å². The minimum absolute atomic E-state index is 0.279. The van der Waals surface area contributed by atoms with Gasteiger partial charge < -0.3 is 15.2 Å². The van der Waals surface area contributed by atoms with Crippen molar-refractivity contribution in [1.82, 2.24) is 28.7 Å². The lowest BCUT2D eigenvalue weighted by molar-refractivity contribution is 0.102. The number of aromatic nitrogens is 6. The molecule has 6 rings (SSSR count). The highest BCUT2D eigenvalue weighted by molar-refractivity contribution is 6.04. The highest BCUT2D eigenvalue weighted by Gasteiger charge is 2.22. The second kappa shape index (κ2) is 11.5. The number of imidazole rings is 2. The Morgan fingerprint density at radius 2 is 1.82 bits per heavy atom. The van der Waals surface area contributed by atoms with E-state index < -0.39 is 5.41 Å². The van der Waals surface area contributed by atoms with Crippen LogP contribution in [0.25, 0.3) is 11.3 Å². The number of hydrogen-bond acceptors (Lipinski definition) is 6. The Morgan fingerprint density at radius 1 is 0.978 bits per heavy atom. The fourth-order valence-corrected chi connectivity index (χ4v) is 4.89. The lowest BCUT2D eigenvalue weighted by atomic mass is 9.86. The van der Waals surface area contributed by atoms with E-state index in [1.54, 1.807) is 35.5 Å². The van der Waals surface area contributed by atoms with Crippen LogP contribution in [0.4, 0.5) is 17.1 Å². The molecule has 2 aromatic carbocycles. The van der Waals surface area contributed by atoms with Crippen molar-refractivity contribution in [1.29, 1.82) is 5.26 Å². The number of carbonyl (C=O) groups excluding carboxylic acids is 1. The molecule has 10 heteroatoms. The van der Waals surface area contributed by atoms with Crippen LogP contribution in [0.15, 0.2) is 85.8 Å². The molecule has 45 heavy (non-hydrogen) atoms. The smallest absolute Gasteiger partial charge is 0.255 e. The second-order valence-corrected chi connectivity index (χ2v) is 11.4. The first-order valence-corrected chi connectivity index (χ1v) is 14.3. The van der Waals surface area contributed by atoms with Crippen molar-refractivity contribution in [3.05, 3.63) is 119 Å². The third-order valence-electron chi connectivity index (χ3n) is 7.53. The SMILES string of the molecule is Cc1cn(-c2cc(NC(=O)c3ccc(C)c(C#Cc4cnc5c(Nc6cnn(C)c6)cccn45)c3)cc(C(C)(C)C#N)c2)cn1. The molecule has 0 bridgehead atoms. The van der Waals surface area contributed by atoms with Crippen LogP contribution in [0.1, 0.15) is 52.3 Å². The first-order chi connectivity index (χ1) is 21.6. The number of nitrogens with one attached hydrogen (secondary N) is 2. The van der Waals surface area contributed by atoms with E-state index in [-0.39, 0.29) is 5.91 Å². The zero-order chi connectivity index (χ0) is 31.7. The van der Waals surface area contributed by atoms with Crippen LogP contribution in [-0.4, -0.2) is 34.6 Å². The number of benzene rings is 2. The van der Waals surface area contributed by atoms with Gasteiger partial charge in [-0.1, -0.05) is 12.0 Å². The summed E-state index contributed by atoms with van der Waals surface area (Å²) in [6.07, 6.45) is 10.9. The van der Waals surface area contributed by atoms with Crippen molar-refractivity contribution < 1.29 is 4.79 Å². The lowest BCUT2D eigenvalue weighted by Crippen LogP contribution is -2.17. The minimum atomic E-state index is -0.759. The monoisotopic (exact) mass is 593 g/mol. The molecule has 0 spiro atoms. The van der Waals surface area contributed by atoms with Crippen molar-refractivity contribution in [3.63, 3.8) is 0 Å². The molecule has 222 valence electrons. The molecule has 4 heterocycles. The predicted octanol–water partition coefficient (Wildman–Crippen LogP) is 6.07. The average Bonchev–Trinajstić information content (AvgIpc) is 3.76. The van der Waals surface area contributed by atoms with Gasteiger partial charge in [0.1, 0.15) is 5.69 Å². The molecule has 2 N–H and O–H groups in total. The number of anilines is 3. The van der Waals surface area contributed by atoms with Crippen LogP contribution in [-0.2, 0) is 12.5 Å². The number of fused-ring (bicyclic) bond motifs is 1. The quantitative estimate of drug-likeness (QED) is 0.227. The van der Waals surface area contributed by atoms with Gasteiger partial charge in [0.05, 0.1) is 47.3 Å². The highest BCUT2D eigenvalue weighted by atomic mass is 16.1. The molecule has 0 aliphatic rings. The maximum atomic E-state index is 13.5. The summed E-state index contributed by atoms with van der Waals surface area (Å²) < 4.78 is 5.53. The maximum Gasteiger partial charge on any atom is 0.255 e. The van der Waals surface area contributed by atoms with Crippen LogP contribution in [0.3, 0.4) is 0 Å². The minimum Gasteiger partial charge on any atom is -0.350 e. The number of hydrogen-bond donors (Lipinski definition) is 2. The van der Waals surface area contributed by atoms with Crippen LogP contribution in [0.5, 0.6) is 0 Å². The third-order valence-corrected chi connectivity index (χ3v) is 7.53. The summed E-state index contributed by atoms with van der Waals surface area (Å²) in [6.45, 7) is 7.57. The number of nitriles is 1. The number of aryl methyl sites for hydroxylation is 3. The maximum absolute atomic E-state index is 13.5. The molecule has 0 fully saturated rings. The Balaban J connectivity index is 1.28. The molecule has 0 saturated heterocycles. The molecule has 4 aromatic heterocycles. The van der Waals surface area contributed by atoms with Gasteiger partial charge in [0.2, 0.25) is 0 Å². The number of amides is 1. The van der Waals surface area contributed by atoms with Gasteiger partial charge in [0.25, 0.3) is 5.91 Å². The summed E-state index contributed by atoms with van der Waals surface area (Å²) in [7, 11) is 1.87. The molecule has 6 aromatic rings. The fraction of sp³-hybridized carbons (Fsp3) is 0.171. The molecule has 0 saturated carbocycles. The Kier molecular flexibility index (Phi) is 7.41. The van der Waals surface area contributed by atoms with Crippen LogP contribution >= 0.6 is 0 Å². The van der Waals surface area contributed by atoms with Gasteiger partial charge in [-0.3, -0.25) is 13.9 Å². The second-order valence-electron chi connectivity index (χ2n) is 11.4. The van der Waals surface area contributed by atoms with Gasteiger partial charge in [-0.05, 0) is 87.2 Å². The Hall–Kier alpha value is -6.13. The zero-order valence-electron chi connectivity index (χ0n) is 25.6. The Morgan fingerprint density at radius 3 is 2.56 bits per heavy atom. The molecule has 1 amide bonds. The largest absolute Gasteiger partial charge is 0.350 e. The van der Waals surface area contributed by atoms with E-state index >= 15 is 0 Å². The van der Waals surface area contributed by atoms with E-state index in [9.17, 15) is 10.1 Å². The van der Waals surface area contributed by atoms with E-state index in [2.05, 4.69) is 43.6 Å². The van der Waals surface area contributed by atoms with E-state index in [1.165, 1.54) is 0 Å². The summed E-state index contributed by atoms with van der Waals surface area (Å²) in [6, 6.07) is 17.3. The Labute approximate surface area is 261 Å². The van der Waals surface area contributed by atoms with Gasteiger partial charge in [-0.2, -0.15) is 10.4 Å². The van der Waals surface area contributed by atoms with Gasteiger partial charge in [0, 0.05) is 48.1 Å².